The minimum absolute atomic E-state index is 0.219. The Morgan fingerprint density at radius 3 is 2.63 bits per heavy atom. The Bertz CT molecular complexity index is 1520. The first-order valence-electron chi connectivity index (χ1n) is 9.24. The normalized spacial score (nSPS) is 11.5. The fourth-order valence-corrected chi connectivity index (χ4v) is 4.36. The highest BCUT2D eigenvalue weighted by molar-refractivity contribution is 7.14. The van der Waals surface area contributed by atoms with E-state index in [-0.39, 0.29) is 5.13 Å². The molecule has 0 amide bonds. The minimum atomic E-state index is -0.219. The number of halogens is 1. The lowest BCUT2D eigenvalue weighted by molar-refractivity contribution is 0.657. The largest absolute Gasteiger partial charge is 0.352 e. The first-order chi connectivity index (χ1) is 14.8. The van der Waals surface area contributed by atoms with Gasteiger partial charge in [-0.2, -0.15) is 9.49 Å². The van der Waals surface area contributed by atoms with Crippen molar-refractivity contribution in [3.05, 3.63) is 72.4 Å². The molecule has 0 saturated heterocycles. The highest BCUT2D eigenvalue weighted by Crippen LogP contribution is 2.35. The van der Waals surface area contributed by atoms with Gasteiger partial charge >= 0.3 is 0 Å². The van der Waals surface area contributed by atoms with Crippen LogP contribution in [0.5, 0.6) is 0 Å². The van der Waals surface area contributed by atoms with E-state index in [0.717, 1.165) is 66.4 Å². The fraction of sp³-hybridized carbons (Fsp3) is 0. The zero-order valence-corrected chi connectivity index (χ0v) is 16.2. The van der Waals surface area contributed by atoms with Crippen LogP contribution in [0.1, 0.15) is 0 Å². The monoisotopic (exact) mass is 412 g/mol. The molecule has 6 heterocycles. The van der Waals surface area contributed by atoms with Crippen molar-refractivity contribution in [3.63, 3.8) is 0 Å². The van der Waals surface area contributed by atoms with Gasteiger partial charge in [0.1, 0.15) is 11.2 Å². The zero-order chi connectivity index (χ0) is 20.1. The summed E-state index contributed by atoms with van der Waals surface area (Å²) in [5.41, 5.74) is 6.74. The molecule has 6 rings (SSSR count). The summed E-state index contributed by atoms with van der Waals surface area (Å²) >= 11 is 1.10. The van der Waals surface area contributed by atoms with Crippen LogP contribution in [0.3, 0.4) is 0 Å². The van der Waals surface area contributed by atoms with Gasteiger partial charge in [0.2, 0.25) is 0 Å². The number of aromatic amines is 2. The van der Waals surface area contributed by atoms with Crippen LogP contribution < -0.4 is 0 Å². The molecule has 0 aliphatic carbocycles. The summed E-state index contributed by atoms with van der Waals surface area (Å²) in [6.45, 7) is 0. The molecule has 0 aliphatic heterocycles. The molecule has 0 fully saturated rings. The molecule has 6 nitrogen and oxygen atoms in total. The van der Waals surface area contributed by atoms with Crippen molar-refractivity contribution in [3.8, 4) is 33.1 Å². The quantitative estimate of drug-likeness (QED) is 0.406. The van der Waals surface area contributed by atoms with Gasteiger partial charge in [-0.15, -0.1) is 11.3 Å². The molecule has 0 radical (unpaired) electrons. The van der Waals surface area contributed by atoms with Gasteiger partial charge in [-0.05, 0) is 42.5 Å². The number of aromatic nitrogens is 6. The van der Waals surface area contributed by atoms with E-state index in [1.807, 2.05) is 30.3 Å². The van der Waals surface area contributed by atoms with E-state index in [1.54, 1.807) is 30.9 Å². The van der Waals surface area contributed by atoms with E-state index in [4.69, 9.17) is 4.98 Å². The summed E-state index contributed by atoms with van der Waals surface area (Å²) in [4.78, 5) is 17.4. The van der Waals surface area contributed by atoms with Gasteiger partial charge < -0.3 is 4.98 Å². The van der Waals surface area contributed by atoms with Crippen molar-refractivity contribution in [2.24, 2.45) is 0 Å². The molecule has 2 N–H and O–H groups in total. The van der Waals surface area contributed by atoms with Gasteiger partial charge in [0.15, 0.2) is 5.13 Å². The summed E-state index contributed by atoms with van der Waals surface area (Å²) in [7, 11) is 0. The maximum absolute atomic E-state index is 13.6. The number of rotatable bonds is 3. The van der Waals surface area contributed by atoms with E-state index in [2.05, 4.69) is 25.1 Å². The maximum atomic E-state index is 13.6. The third kappa shape index (κ3) is 2.69. The summed E-state index contributed by atoms with van der Waals surface area (Å²) < 4.78 is 13.6. The predicted molar refractivity (Wildman–Crippen MR) is 115 cm³/mol. The second-order valence-corrected chi connectivity index (χ2v) is 7.87. The number of nitrogens with zero attached hydrogens (tertiary/aromatic N) is 4. The van der Waals surface area contributed by atoms with Gasteiger partial charge in [-0.3, -0.25) is 15.1 Å². The molecule has 0 bridgehead atoms. The van der Waals surface area contributed by atoms with E-state index >= 15 is 0 Å². The molecule has 0 aromatic carbocycles. The van der Waals surface area contributed by atoms with Crippen LogP contribution in [0, 0.1) is 5.13 Å². The van der Waals surface area contributed by atoms with E-state index in [0.29, 0.717) is 0 Å². The van der Waals surface area contributed by atoms with Gasteiger partial charge in [0.25, 0.3) is 0 Å². The van der Waals surface area contributed by atoms with Crippen LogP contribution in [0.25, 0.3) is 55.0 Å². The number of H-pyrrole nitrogens is 2. The number of hydrogen-bond acceptors (Lipinski definition) is 5. The average molecular weight is 412 g/mol. The molecular formula is C22H13FN6S. The molecular weight excluding hydrogens is 399 g/mol. The van der Waals surface area contributed by atoms with Gasteiger partial charge in [0, 0.05) is 40.0 Å². The van der Waals surface area contributed by atoms with Crippen molar-refractivity contribution >= 4 is 33.3 Å². The maximum Gasteiger partial charge on any atom is 0.176 e. The highest BCUT2D eigenvalue weighted by atomic mass is 32.1. The Labute approximate surface area is 173 Å². The zero-order valence-electron chi connectivity index (χ0n) is 15.4. The third-order valence-electron chi connectivity index (χ3n) is 5.02. The Kier molecular flexibility index (Phi) is 3.72. The van der Waals surface area contributed by atoms with Crippen LogP contribution in [-0.4, -0.2) is 30.1 Å². The van der Waals surface area contributed by atoms with Gasteiger partial charge in [-0.25, -0.2) is 4.98 Å². The van der Waals surface area contributed by atoms with Crippen LogP contribution in [0.2, 0.25) is 0 Å². The molecule has 6 aromatic rings. The number of hydrogen-bond donors (Lipinski definition) is 2. The first-order valence-corrected chi connectivity index (χ1v) is 10.1. The van der Waals surface area contributed by atoms with E-state index in [9.17, 15) is 4.39 Å². The van der Waals surface area contributed by atoms with Crippen LogP contribution in [0.4, 0.5) is 4.39 Å². The lowest BCUT2D eigenvalue weighted by atomic mass is 10.1. The Morgan fingerprint density at radius 1 is 0.900 bits per heavy atom. The number of nitrogens with one attached hydrogen (secondary N) is 2. The second kappa shape index (κ2) is 6.57. The number of thiophene rings is 1. The van der Waals surface area contributed by atoms with E-state index < -0.39 is 0 Å². The third-order valence-corrected chi connectivity index (χ3v) is 5.93. The lowest BCUT2D eigenvalue weighted by Gasteiger charge is -2.00. The van der Waals surface area contributed by atoms with Crippen molar-refractivity contribution in [2.75, 3.05) is 0 Å². The van der Waals surface area contributed by atoms with E-state index in [1.165, 1.54) is 6.07 Å². The molecule has 144 valence electrons. The standard InChI is InChI=1S/C22H13FN6S/c23-20-4-3-19(30-20)14-10-25-11-18-13(14)9-17(26-18)22-21-16(28-29-22)2-1-15(27-21)12-5-7-24-8-6-12/h1-11,26H,(H,28,29). The molecule has 6 aromatic heterocycles. The average Bonchev–Trinajstić information content (AvgIpc) is 3.51. The summed E-state index contributed by atoms with van der Waals surface area (Å²) in [5, 5.41) is 8.29. The summed E-state index contributed by atoms with van der Waals surface area (Å²) in [6, 6.07) is 13.0. The van der Waals surface area contributed by atoms with Gasteiger partial charge in [0.05, 0.1) is 28.6 Å². The molecule has 0 saturated carbocycles. The number of pyridine rings is 3. The molecule has 0 atom stereocenters. The highest BCUT2D eigenvalue weighted by Gasteiger charge is 2.16. The summed E-state index contributed by atoms with van der Waals surface area (Å²) in [6.07, 6.45) is 7.01. The Balaban J connectivity index is 1.52. The van der Waals surface area contributed by atoms with Crippen LogP contribution >= 0.6 is 11.3 Å². The molecule has 0 aliphatic rings. The fourth-order valence-electron chi connectivity index (χ4n) is 3.60. The molecule has 8 heteroatoms. The second-order valence-electron chi connectivity index (χ2n) is 6.84. The number of fused-ring (bicyclic) bond motifs is 2. The predicted octanol–water partition coefficient (Wildman–Crippen LogP) is 5.43. The summed E-state index contributed by atoms with van der Waals surface area (Å²) in [5.74, 6) is 0. The van der Waals surface area contributed by atoms with Crippen LogP contribution in [-0.2, 0) is 0 Å². The SMILES string of the molecule is Fc1ccc(-c2cncc3[nH]c(-c4n[nH]c5ccc(-c6ccncc6)nc45)cc23)s1. The molecule has 30 heavy (non-hydrogen) atoms. The van der Waals surface area contributed by atoms with Gasteiger partial charge in [-0.1, -0.05) is 0 Å². The van der Waals surface area contributed by atoms with Crippen LogP contribution in [0.15, 0.2) is 67.3 Å². The lowest BCUT2D eigenvalue weighted by Crippen LogP contribution is -1.86. The first kappa shape index (κ1) is 17.0. The van der Waals surface area contributed by atoms with Crippen molar-refractivity contribution in [2.45, 2.75) is 0 Å². The molecule has 0 spiro atoms. The Morgan fingerprint density at radius 2 is 1.80 bits per heavy atom. The van der Waals surface area contributed by atoms with Crippen molar-refractivity contribution < 1.29 is 4.39 Å². The smallest absolute Gasteiger partial charge is 0.176 e. The molecule has 0 unspecified atom stereocenters. The van der Waals surface area contributed by atoms with Crippen molar-refractivity contribution in [1.29, 1.82) is 0 Å². The van der Waals surface area contributed by atoms with Crippen molar-refractivity contribution in [1.82, 2.24) is 30.1 Å². The Hall–Kier alpha value is -3.91. The minimum Gasteiger partial charge on any atom is -0.352 e. The topological polar surface area (TPSA) is 83.1 Å².